The van der Waals surface area contributed by atoms with Gasteiger partial charge in [-0.3, -0.25) is 10.1 Å². The maximum atomic E-state index is 11.9. The fourth-order valence-electron chi connectivity index (χ4n) is 1.82. The number of rotatable bonds is 5. The van der Waals surface area contributed by atoms with E-state index in [4.69, 9.17) is 70.0 Å². The molecule has 0 saturated carbocycles. The van der Waals surface area contributed by atoms with Gasteiger partial charge in [-0.2, -0.15) is 26.3 Å². The van der Waals surface area contributed by atoms with Gasteiger partial charge in [-0.1, -0.05) is 46.4 Å². The van der Waals surface area contributed by atoms with Gasteiger partial charge in [0.2, 0.25) is 0 Å². The molecule has 0 fully saturated rings. The Morgan fingerprint density at radius 2 is 1.09 bits per heavy atom. The molecule has 2 aromatic carbocycles. The number of hydrogen-bond donors (Lipinski definition) is 1. The first-order valence-corrected chi connectivity index (χ1v) is 16.9. The summed E-state index contributed by atoms with van der Waals surface area (Å²) in [6.07, 6.45) is -8.98. The van der Waals surface area contributed by atoms with E-state index in [-0.39, 0.29) is 31.5 Å². The van der Waals surface area contributed by atoms with E-state index in [0.29, 0.717) is 0 Å². The van der Waals surface area contributed by atoms with Crippen LogP contribution >= 0.6 is 64.2 Å². The predicted molar refractivity (Wildman–Crippen MR) is 125 cm³/mol. The second kappa shape index (κ2) is 15.6. The third kappa shape index (κ3) is 14.6. The van der Waals surface area contributed by atoms with E-state index in [0.717, 1.165) is 12.1 Å². The molecule has 0 spiro atoms. The summed E-state index contributed by atoms with van der Waals surface area (Å²) >= 11 is 21.4. The minimum atomic E-state index is -4.55. The first-order valence-electron chi connectivity index (χ1n) is 8.15. The molecule has 0 saturated heterocycles. The van der Waals surface area contributed by atoms with Crippen LogP contribution in [0.4, 0.5) is 37.7 Å². The van der Waals surface area contributed by atoms with Crippen LogP contribution in [-0.4, -0.2) is 49.4 Å². The summed E-state index contributed by atoms with van der Waals surface area (Å²) in [6, 6.07) is 4.25. The number of benzene rings is 2. The van der Waals surface area contributed by atoms with Crippen LogP contribution in [-0.2, 0) is 0 Å². The van der Waals surface area contributed by atoms with Crippen LogP contribution in [0.3, 0.4) is 0 Å². The molecule has 0 aliphatic rings. The fraction of sp³-hybridized carbons (Fsp3) is 0.250. The number of alkyl halides is 6. The standard InChI is InChI=1S/C8H4Cl2F3NO3.C8H6Cl2F3NO.2ClH.Sn/c9-5-1-4(14(15)16)2-6(10)7(5)17-3-8(11,12)13;9-5-1-4(14)2-6(10)7(5)15-3-8(11,12)13;;;/h1-2H,3H2;1-2H,3,14H2;2*1H;/q;;;;+2/p-2. The number of ether oxygens (including phenoxy) is 2. The van der Waals surface area contributed by atoms with Crippen molar-refractivity contribution in [2.75, 3.05) is 18.9 Å². The zero-order chi connectivity index (χ0) is 27.6. The van der Waals surface area contributed by atoms with E-state index in [2.05, 4.69) is 9.47 Å². The molecular formula is C16H10Cl6F6N2O4Sn. The van der Waals surface area contributed by atoms with Crippen molar-refractivity contribution in [1.29, 1.82) is 0 Å². The number of nitro groups is 1. The Bertz CT molecular complexity index is 954. The number of halogens is 12. The van der Waals surface area contributed by atoms with Gasteiger partial charge in [-0.15, -0.1) is 0 Å². The van der Waals surface area contributed by atoms with Crippen LogP contribution < -0.4 is 15.2 Å². The summed E-state index contributed by atoms with van der Waals surface area (Å²) in [5.41, 5.74) is 5.19. The number of nitrogens with two attached hydrogens (primary N) is 1. The third-order valence-electron chi connectivity index (χ3n) is 2.97. The van der Waals surface area contributed by atoms with E-state index in [1.165, 1.54) is 12.1 Å². The molecule has 2 radical (unpaired) electrons. The van der Waals surface area contributed by atoms with Gasteiger partial charge in [0.25, 0.3) is 5.69 Å². The molecular weight excluding hydrogens is 730 g/mol. The molecule has 2 N–H and O–H groups in total. The van der Waals surface area contributed by atoms with E-state index < -0.39 is 60.8 Å². The maximum absolute atomic E-state index is 11.9. The van der Waals surface area contributed by atoms with E-state index in [1.54, 1.807) is 0 Å². The Hall–Kier alpha value is -0.641. The number of anilines is 1. The van der Waals surface area contributed by atoms with E-state index in [9.17, 15) is 36.5 Å². The number of hydrogen-bond acceptors (Lipinski definition) is 5. The van der Waals surface area contributed by atoms with Gasteiger partial charge >= 0.3 is 49.1 Å². The molecule has 2 rings (SSSR count). The third-order valence-corrected chi connectivity index (χ3v) is 4.10. The van der Waals surface area contributed by atoms with Crippen molar-refractivity contribution in [1.82, 2.24) is 0 Å². The van der Waals surface area contributed by atoms with Gasteiger partial charge in [0.15, 0.2) is 24.7 Å². The fourth-order valence-corrected chi connectivity index (χ4v) is 3.01. The molecule has 0 unspecified atom stereocenters. The van der Waals surface area contributed by atoms with Crippen LogP contribution in [0.5, 0.6) is 11.5 Å². The monoisotopic (exact) mass is 738 g/mol. The molecule has 0 atom stereocenters. The minimum absolute atomic E-state index is 0.0516. The van der Waals surface area contributed by atoms with E-state index in [1.807, 2.05) is 0 Å². The average Bonchev–Trinajstić information content (AvgIpc) is 2.65. The van der Waals surface area contributed by atoms with Gasteiger partial charge in [-0.05, 0) is 12.1 Å². The molecule has 35 heavy (non-hydrogen) atoms. The predicted octanol–water partition coefficient (Wildman–Crippen LogP) is 8.36. The SMILES string of the molecule is Nc1cc(Cl)c(OCC(F)(F)F)c(Cl)c1.O=[N+]([O-])c1cc(Cl)c(OCC(F)(F)F)c(Cl)c1.[Cl][Sn][Cl]. The Kier molecular flexibility index (Phi) is 15.3. The molecule has 0 aliphatic heterocycles. The number of nitrogen functional groups attached to an aromatic ring is 1. The number of nitro benzene ring substituents is 1. The van der Waals surface area contributed by atoms with Crippen LogP contribution in [0.15, 0.2) is 24.3 Å². The summed E-state index contributed by atoms with van der Waals surface area (Å²) in [4.78, 5) is 9.63. The number of non-ortho nitro benzene ring substituents is 1. The summed E-state index contributed by atoms with van der Waals surface area (Å²) in [5, 5.41) is 9.59. The normalized spacial score (nSPS) is 11.0. The Labute approximate surface area is 231 Å². The Morgan fingerprint density at radius 3 is 1.34 bits per heavy atom. The van der Waals surface area contributed by atoms with Gasteiger partial charge in [-0.25, -0.2) is 0 Å². The summed E-state index contributed by atoms with van der Waals surface area (Å²) in [5.74, 6) is -0.652. The van der Waals surface area contributed by atoms with Crippen molar-refractivity contribution >= 4 is 94.5 Å². The molecule has 0 amide bonds. The zero-order valence-corrected chi connectivity index (χ0v) is 23.8. The van der Waals surface area contributed by atoms with Crippen molar-refractivity contribution < 1.29 is 40.7 Å². The van der Waals surface area contributed by atoms with Crippen molar-refractivity contribution in [3.63, 3.8) is 0 Å². The summed E-state index contributed by atoms with van der Waals surface area (Å²) < 4.78 is 80.0. The molecule has 6 nitrogen and oxygen atoms in total. The van der Waals surface area contributed by atoms with Crippen LogP contribution in [0.25, 0.3) is 0 Å². The number of nitrogens with zero attached hydrogens (tertiary/aromatic N) is 1. The quantitative estimate of drug-likeness (QED) is 0.110. The zero-order valence-electron chi connectivity index (χ0n) is 16.4. The molecule has 0 aromatic heterocycles. The molecule has 0 aliphatic carbocycles. The van der Waals surface area contributed by atoms with Crippen LogP contribution in [0, 0.1) is 10.1 Å². The molecule has 19 heteroatoms. The average molecular weight is 740 g/mol. The Balaban J connectivity index is 0.000000597. The second-order valence-corrected chi connectivity index (χ2v) is 11.6. The van der Waals surface area contributed by atoms with Gasteiger partial charge in [0, 0.05) is 17.8 Å². The molecule has 0 heterocycles. The molecule has 2 aromatic rings. The van der Waals surface area contributed by atoms with Crippen LogP contribution in [0.2, 0.25) is 20.1 Å². The van der Waals surface area contributed by atoms with Crippen molar-refractivity contribution in [2.24, 2.45) is 0 Å². The van der Waals surface area contributed by atoms with Crippen molar-refractivity contribution in [3.8, 4) is 11.5 Å². The van der Waals surface area contributed by atoms with Crippen molar-refractivity contribution in [2.45, 2.75) is 12.4 Å². The molecule has 196 valence electrons. The van der Waals surface area contributed by atoms with E-state index >= 15 is 0 Å². The van der Waals surface area contributed by atoms with Crippen LogP contribution in [0.1, 0.15) is 0 Å². The first-order chi connectivity index (χ1) is 15.9. The second-order valence-electron chi connectivity index (χ2n) is 5.69. The van der Waals surface area contributed by atoms with Crippen molar-refractivity contribution in [3.05, 3.63) is 54.5 Å². The van der Waals surface area contributed by atoms with Gasteiger partial charge < -0.3 is 15.2 Å². The first kappa shape index (κ1) is 34.4. The van der Waals surface area contributed by atoms with Gasteiger partial charge in [0.05, 0.1) is 25.0 Å². The topological polar surface area (TPSA) is 87.6 Å². The van der Waals surface area contributed by atoms with Gasteiger partial charge in [0.1, 0.15) is 0 Å². The molecule has 0 bridgehead atoms. The Morgan fingerprint density at radius 1 is 0.800 bits per heavy atom. The summed E-state index contributed by atoms with van der Waals surface area (Å²) in [6.45, 7) is -3.03. The summed E-state index contributed by atoms with van der Waals surface area (Å²) in [7, 11) is 9.87.